The molecule has 2 heterocycles. The summed E-state index contributed by atoms with van der Waals surface area (Å²) >= 11 is 1.38. The monoisotopic (exact) mass is 332 g/mol. The van der Waals surface area contributed by atoms with Crippen molar-refractivity contribution in [2.75, 3.05) is 5.32 Å². The first-order valence-electron chi connectivity index (χ1n) is 7.38. The smallest absolute Gasteiger partial charge is 0.246 e. The highest BCUT2D eigenvalue weighted by Crippen LogP contribution is 2.19. The molecule has 3 rings (SSSR count). The molecule has 0 aliphatic rings. The fourth-order valence-corrected chi connectivity index (χ4v) is 3.31. The summed E-state index contributed by atoms with van der Waals surface area (Å²) in [7, 11) is 0. The third-order valence-corrected chi connectivity index (χ3v) is 4.21. The lowest BCUT2D eigenvalue weighted by molar-refractivity contribution is -0.116. The number of halogens is 1. The minimum atomic E-state index is -0.319. The maximum absolute atomic E-state index is 13.4. The van der Waals surface area contributed by atoms with Gasteiger partial charge in [-0.25, -0.2) is 4.39 Å². The van der Waals surface area contributed by atoms with Crippen molar-refractivity contribution in [3.8, 4) is 0 Å². The van der Waals surface area contributed by atoms with E-state index in [0.717, 1.165) is 16.8 Å². The van der Waals surface area contributed by atoms with Crippen LogP contribution in [0.15, 0.2) is 30.5 Å². The van der Waals surface area contributed by atoms with Crippen molar-refractivity contribution < 1.29 is 9.18 Å². The standard InChI is InChI=1S/C16H17FN4OS/c1-10(2)7-15-19-20-16(23-15)18-14(22)9-21-6-5-11-3-4-12(17)8-13(11)21/h3-6,8,10H,7,9H2,1-2H3,(H,18,20,22). The molecule has 0 atom stereocenters. The Hall–Kier alpha value is -2.28. The van der Waals surface area contributed by atoms with Crippen LogP contribution in [0.4, 0.5) is 9.52 Å². The number of carbonyl (C=O) groups is 1. The Morgan fingerprint density at radius 1 is 1.35 bits per heavy atom. The zero-order chi connectivity index (χ0) is 16.4. The number of aromatic nitrogens is 3. The molecule has 0 radical (unpaired) electrons. The van der Waals surface area contributed by atoms with Crippen LogP contribution in [0, 0.1) is 11.7 Å². The molecule has 0 bridgehead atoms. The summed E-state index contributed by atoms with van der Waals surface area (Å²) in [4.78, 5) is 12.2. The largest absolute Gasteiger partial charge is 0.338 e. The van der Waals surface area contributed by atoms with E-state index >= 15 is 0 Å². The van der Waals surface area contributed by atoms with Crippen molar-refractivity contribution in [1.29, 1.82) is 0 Å². The Bertz CT molecular complexity index is 840. The van der Waals surface area contributed by atoms with E-state index in [1.165, 1.54) is 23.5 Å². The Balaban J connectivity index is 1.69. The Morgan fingerprint density at radius 3 is 2.96 bits per heavy atom. The van der Waals surface area contributed by atoms with E-state index in [-0.39, 0.29) is 18.3 Å². The van der Waals surface area contributed by atoms with Crippen molar-refractivity contribution >= 4 is 33.3 Å². The van der Waals surface area contributed by atoms with Crippen LogP contribution in [0.3, 0.4) is 0 Å². The molecule has 0 spiro atoms. The molecule has 0 fully saturated rings. The first-order chi connectivity index (χ1) is 11.0. The highest BCUT2D eigenvalue weighted by Gasteiger charge is 2.11. The van der Waals surface area contributed by atoms with E-state index in [0.29, 0.717) is 16.6 Å². The van der Waals surface area contributed by atoms with Gasteiger partial charge in [0, 0.05) is 12.6 Å². The molecule has 3 aromatic rings. The number of rotatable bonds is 5. The molecule has 0 saturated heterocycles. The number of hydrogen-bond donors (Lipinski definition) is 1. The molecular formula is C16H17FN4OS. The third kappa shape index (κ3) is 3.73. The summed E-state index contributed by atoms with van der Waals surface area (Å²) in [5.41, 5.74) is 0.693. The third-order valence-electron chi connectivity index (χ3n) is 3.35. The van der Waals surface area contributed by atoms with Crippen LogP contribution in [0.5, 0.6) is 0 Å². The molecule has 5 nitrogen and oxygen atoms in total. The predicted molar refractivity (Wildman–Crippen MR) is 89.0 cm³/mol. The second-order valence-corrected chi connectivity index (χ2v) is 6.86. The zero-order valence-electron chi connectivity index (χ0n) is 12.9. The van der Waals surface area contributed by atoms with Crippen molar-refractivity contribution in [3.05, 3.63) is 41.3 Å². The fourth-order valence-electron chi connectivity index (χ4n) is 2.34. The SMILES string of the molecule is CC(C)Cc1nnc(NC(=O)Cn2ccc3ccc(F)cc32)s1. The molecule has 120 valence electrons. The molecule has 0 unspecified atom stereocenters. The normalized spacial score (nSPS) is 11.3. The Kier molecular flexibility index (Phi) is 4.38. The van der Waals surface area contributed by atoms with Crippen LogP contribution < -0.4 is 5.32 Å². The van der Waals surface area contributed by atoms with Crippen LogP contribution in [-0.4, -0.2) is 20.7 Å². The second kappa shape index (κ2) is 6.45. The average molecular weight is 332 g/mol. The van der Waals surface area contributed by atoms with Gasteiger partial charge in [0.05, 0.1) is 5.52 Å². The minimum absolute atomic E-state index is 0.103. The van der Waals surface area contributed by atoms with Gasteiger partial charge in [-0.15, -0.1) is 10.2 Å². The molecule has 0 saturated carbocycles. The summed E-state index contributed by atoms with van der Waals surface area (Å²) in [6.45, 7) is 4.32. The molecule has 2 aromatic heterocycles. The van der Waals surface area contributed by atoms with Gasteiger partial charge in [-0.3, -0.25) is 10.1 Å². The highest BCUT2D eigenvalue weighted by atomic mass is 32.1. The van der Waals surface area contributed by atoms with Gasteiger partial charge in [0.15, 0.2) is 0 Å². The molecule has 23 heavy (non-hydrogen) atoms. The number of nitrogens with one attached hydrogen (secondary N) is 1. The number of anilines is 1. The highest BCUT2D eigenvalue weighted by molar-refractivity contribution is 7.15. The number of fused-ring (bicyclic) bond motifs is 1. The van der Waals surface area contributed by atoms with Crippen molar-refractivity contribution in [2.45, 2.75) is 26.8 Å². The van der Waals surface area contributed by atoms with Gasteiger partial charge in [-0.2, -0.15) is 0 Å². The van der Waals surface area contributed by atoms with Crippen LogP contribution in [0.25, 0.3) is 10.9 Å². The van der Waals surface area contributed by atoms with Gasteiger partial charge in [0.1, 0.15) is 17.4 Å². The van der Waals surface area contributed by atoms with Crippen LogP contribution in [-0.2, 0) is 17.8 Å². The van der Waals surface area contributed by atoms with E-state index in [9.17, 15) is 9.18 Å². The van der Waals surface area contributed by atoms with Gasteiger partial charge in [0.2, 0.25) is 11.0 Å². The maximum atomic E-state index is 13.4. The van der Waals surface area contributed by atoms with Crippen molar-refractivity contribution in [2.24, 2.45) is 5.92 Å². The number of hydrogen-bond acceptors (Lipinski definition) is 4. The van der Waals surface area contributed by atoms with Gasteiger partial charge in [-0.05, 0) is 35.6 Å². The molecule has 1 N–H and O–H groups in total. The fraction of sp³-hybridized carbons (Fsp3) is 0.312. The van der Waals surface area contributed by atoms with Crippen LogP contribution in [0.1, 0.15) is 18.9 Å². The number of amides is 1. The Labute approximate surface area is 137 Å². The molecule has 0 aliphatic carbocycles. The topological polar surface area (TPSA) is 59.8 Å². The maximum Gasteiger partial charge on any atom is 0.246 e. The zero-order valence-corrected chi connectivity index (χ0v) is 13.7. The van der Waals surface area contributed by atoms with Gasteiger partial charge >= 0.3 is 0 Å². The number of carbonyl (C=O) groups excluding carboxylic acids is 1. The molecule has 0 aliphatic heterocycles. The molecule has 7 heteroatoms. The minimum Gasteiger partial charge on any atom is -0.338 e. The van der Waals surface area contributed by atoms with E-state index in [4.69, 9.17) is 0 Å². The predicted octanol–water partition coefficient (Wildman–Crippen LogP) is 3.47. The second-order valence-electron chi connectivity index (χ2n) is 5.79. The summed E-state index contributed by atoms with van der Waals surface area (Å²) in [6, 6.07) is 6.38. The van der Waals surface area contributed by atoms with Gasteiger partial charge in [0.25, 0.3) is 0 Å². The summed E-state index contributed by atoms with van der Waals surface area (Å²) in [6.07, 6.45) is 2.61. The summed E-state index contributed by atoms with van der Waals surface area (Å²) in [5.74, 6) is -0.0352. The summed E-state index contributed by atoms with van der Waals surface area (Å²) < 4.78 is 15.1. The number of nitrogens with zero attached hydrogens (tertiary/aromatic N) is 3. The van der Waals surface area contributed by atoms with Crippen LogP contribution >= 0.6 is 11.3 Å². The first kappa shape index (κ1) is 15.6. The van der Waals surface area contributed by atoms with Gasteiger partial charge in [-0.1, -0.05) is 25.2 Å². The molecule has 1 aromatic carbocycles. The lowest BCUT2D eigenvalue weighted by Gasteiger charge is -2.05. The van der Waals surface area contributed by atoms with E-state index in [1.807, 2.05) is 6.07 Å². The van der Waals surface area contributed by atoms with Crippen molar-refractivity contribution in [1.82, 2.24) is 14.8 Å². The van der Waals surface area contributed by atoms with E-state index < -0.39 is 0 Å². The van der Waals surface area contributed by atoms with Crippen molar-refractivity contribution in [3.63, 3.8) is 0 Å². The Morgan fingerprint density at radius 2 is 2.17 bits per heavy atom. The average Bonchev–Trinajstić information content (AvgIpc) is 3.06. The molecular weight excluding hydrogens is 315 g/mol. The van der Waals surface area contributed by atoms with Gasteiger partial charge < -0.3 is 4.57 Å². The van der Waals surface area contributed by atoms with E-state index in [2.05, 4.69) is 29.4 Å². The lowest BCUT2D eigenvalue weighted by Crippen LogP contribution is -2.18. The molecule has 1 amide bonds. The van der Waals surface area contributed by atoms with E-state index in [1.54, 1.807) is 16.8 Å². The first-order valence-corrected chi connectivity index (χ1v) is 8.19. The van der Waals surface area contributed by atoms with Crippen LogP contribution in [0.2, 0.25) is 0 Å². The lowest BCUT2D eigenvalue weighted by atomic mass is 10.1. The number of benzene rings is 1. The quantitative estimate of drug-likeness (QED) is 0.778. The summed E-state index contributed by atoms with van der Waals surface area (Å²) in [5, 5.41) is 13.1.